The van der Waals surface area contributed by atoms with Crippen LogP contribution >= 0.6 is 0 Å². The molecule has 1 N–H and O–H groups in total. The van der Waals surface area contributed by atoms with E-state index >= 15 is 0 Å². The molecule has 3 rings (SSSR count). The average molecular weight is 354 g/mol. The van der Waals surface area contributed by atoms with Gasteiger partial charge in [-0.2, -0.15) is 0 Å². The molecule has 1 aliphatic carbocycles. The highest BCUT2D eigenvalue weighted by molar-refractivity contribution is 5.93. The van der Waals surface area contributed by atoms with Gasteiger partial charge in [-0.05, 0) is 66.2 Å². The van der Waals surface area contributed by atoms with Crippen LogP contribution in [-0.2, 0) is 12.8 Å². The molecule has 2 aromatic rings. The first kappa shape index (κ1) is 19.4. The van der Waals surface area contributed by atoms with Crippen molar-refractivity contribution in [3.63, 3.8) is 0 Å². The first-order valence-corrected chi connectivity index (χ1v) is 10.7. The highest BCUT2D eigenvalue weighted by atomic mass is 16.3. The minimum Gasteiger partial charge on any atom is -0.387 e. The molecule has 0 bridgehead atoms. The molecule has 2 aromatic carbocycles. The fourth-order valence-corrected chi connectivity index (χ4v) is 4.37. The van der Waals surface area contributed by atoms with Crippen molar-refractivity contribution in [2.24, 2.45) is 0 Å². The summed E-state index contributed by atoms with van der Waals surface area (Å²) in [4.78, 5) is 2.49. The molecule has 0 heterocycles. The number of aryl methyl sites for hydroxylation is 2. The molecule has 0 amide bonds. The van der Waals surface area contributed by atoms with Crippen LogP contribution in [0.1, 0.15) is 75.2 Å². The Morgan fingerprint density at radius 1 is 0.885 bits per heavy atom. The zero-order valence-corrected chi connectivity index (χ0v) is 16.6. The Kier molecular flexibility index (Phi) is 7.10. The first-order valence-electron chi connectivity index (χ1n) is 10.7. The number of hydrogen-bond acceptors (Lipinski definition) is 2. The van der Waals surface area contributed by atoms with Crippen molar-refractivity contribution in [1.29, 1.82) is 0 Å². The quantitative estimate of drug-likeness (QED) is 0.527. The number of aliphatic hydroxyl groups excluding tert-OH is 1. The maximum Gasteiger partial charge on any atom is 0.0922 e. The van der Waals surface area contributed by atoms with E-state index in [1.807, 2.05) is 0 Å². The van der Waals surface area contributed by atoms with Crippen LogP contribution in [-0.4, -0.2) is 29.6 Å². The van der Waals surface area contributed by atoms with Crippen molar-refractivity contribution < 1.29 is 5.11 Å². The van der Waals surface area contributed by atoms with Crippen LogP contribution in [0.4, 0.5) is 0 Å². The van der Waals surface area contributed by atoms with Gasteiger partial charge in [0.25, 0.3) is 0 Å². The van der Waals surface area contributed by atoms with Crippen molar-refractivity contribution >= 4 is 10.8 Å². The highest BCUT2D eigenvalue weighted by Crippen LogP contribution is 2.35. The standard InChI is InChI=1S/C24H35NO/c1-3-5-7-16-25(17-8-6-4-2)18-23(26)21-15-14-20-13-12-19-10-9-11-22(21)24(19)20/h9-11,14-15,23,26H,3-8,12-13,16-18H2,1-2H3/t23-/m0/s1. The lowest BCUT2D eigenvalue weighted by atomic mass is 9.96. The summed E-state index contributed by atoms with van der Waals surface area (Å²) in [6.07, 6.45) is 9.42. The third-order valence-electron chi connectivity index (χ3n) is 5.86. The molecule has 0 aliphatic heterocycles. The summed E-state index contributed by atoms with van der Waals surface area (Å²) in [6, 6.07) is 11.0. The van der Waals surface area contributed by atoms with Crippen LogP contribution < -0.4 is 0 Å². The van der Waals surface area contributed by atoms with Gasteiger partial charge < -0.3 is 10.0 Å². The molecule has 0 radical (unpaired) electrons. The SMILES string of the molecule is CCCCCN(CCCCC)C[C@H](O)c1ccc2c3c(cccc13)CC2. The maximum atomic E-state index is 11.1. The van der Waals surface area contributed by atoms with Crippen LogP contribution in [0.3, 0.4) is 0 Å². The Morgan fingerprint density at radius 2 is 1.54 bits per heavy atom. The van der Waals surface area contributed by atoms with E-state index in [0.717, 1.165) is 38.0 Å². The summed E-state index contributed by atoms with van der Waals surface area (Å²) in [6.45, 7) is 7.48. The number of nitrogens with zero attached hydrogens (tertiary/aromatic N) is 1. The molecule has 0 saturated carbocycles. The summed E-state index contributed by atoms with van der Waals surface area (Å²) < 4.78 is 0. The average Bonchev–Trinajstić information content (AvgIpc) is 3.07. The smallest absolute Gasteiger partial charge is 0.0922 e. The van der Waals surface area contributed by atoms with Crippen LogP contribution in [0.15, 0.2) is 30.3 Å². The van der Waals surface area contributed by atoms with Gasteiger partial charge in [-0.15, -0.1) is 0 Å². The van der Waals surface area contributed by atoms with Gasteiger partial charge >= 0.3 is 0 Å². The van der Waals surface area contributed by atoms with Crippen molar-refractivity contribution in [3.05, 3.63) is 47.0 Å². The molecule has 1 aliphatic rings. The second-order valence-electron chi connectivity index (χ2n) is 7.88. The number of unbranched alkanes of at least 4 members (excludes halogenated alkanes) is 4. The molecule has 2 nitrogen and oxygen atoms in total. The van der Waals surface area contributed by atoms with Gasteiger partial charge in [-0.3, -0.25) is 0 Å². The lowest BCUT2D eigenvalue weighted by molar-refractivity contribution is 0.111. The Morgan fingerprint density at radius 3 is 2.19 bits per heavy atom. The molecule has 142 valence electrons. The van der Waals surface area contributed by atoms with Crippen LogP contribution in [0.2, 0.25) is 0 Å². The monoisotopic (exact) mass is 353 g/mol. The lowest BCUT2D eigenvalue weighted by Gasteiger charge is -2.26. The zero-order chi connectivity index (χ0) is 18.4. The fraction of sp³-hybridized carbons (Fsp3) is 0.583. The zero-order valence-electron chi connectivity index (χ0n) is 16.6. The molecule has 0 saturated heterocycles. The molecule has 0 aromatic heterocycles. The predicted molar refractivity (Wildman–Crippen MR) is 112 cm³/mol. The first-order chi connectivity index (χ1) is 12.7. The van der Waals surface area contributed by atoms with Crippen molar-refractivity contribution in [2.45, 2.75) is 71.3 Å². The fourth-order valence-electron chi connectivity index (χ4n) is 4.37. The molecule has 0 fully saturated rings. The Labute approximate surface area is 159 Å². The summed E-state index contributed by atoms with van der Waals surface area (Å²) >= 11 is 0. The number of benzene rings is 2. The Hall–Kier alpha value is -1.38. The van der Waals surface area contributed by atoms with Crippen molar-refractivity contribution in [1.82, 2.24) is 4.90 Å². The van der Waals surface area contributed by atoms with Crippen LogP contribution in [0, 0.1) is 0 Å². The van der Waals surface area contributed by atoms with Gasteiger partial charge in [0, 0.05) is 6.54 Å². The van der Waals surface area contributed by atoms with Crippen LogP contribution in [0.25, 0.3) is 10.8 Å². The van der Waals surface area contributed by atoms with Gasteiger partial charge in [0.05, 0.1) is 6.10 Å². The second kappa shape index (κ2) is 9.53. The highest BCUT2D eigenvalue weighted by Gasteiger charge is 2.20. The number of hydrogen-bond donors (Lipinski definition) is 1. The summed E-state index contributed by atoms with van der Waals surface area (Å²) in [5, 5.41) is 13.7. The molecule has 2 heteroatoms. The third kappa shape index (κ3) is 4.47. The Bertz CT molecular complexity index is 688. The summed E-state index contributed by atoms with van der Waals surface area (Å²) in [7, 11) is 0. The van der Waals surface area contributed by atoms with E-state index in [1.54, 1.807) is 0 Å². The summed E-state index contributed by atoms with van der Waals surface area (Å²) in [5.41, 5.74) is 4.02. The minimum absolute atomic E-state index is 0.400. The van der Waals surface area contributed by atoms with Crippen molar-refractivity contribution in [2.75, 3.05) is 19.6 Å². The minimum atomic E-state index is -0.400. The molecular weight excluding hydrogens is 318 g/mol. The summed E-state index contributed by atoms with van der Waals surface area (Å²) in [5.74, 6) is 0. The normalized spacial score (nSPS) is 14.5. The topological polar surface area (TPSA) is 23.5 Å². The molecule has 0 spiro atoms. The molecule has 1 atom stereocenters. The van der Waals surface area contributed by atoms with Crippen LogP contribution in [0.5, 0.6) is 0 Å². The Balaban J connectivity index is 1.74. The van der Waals surface area contributed by atoms with E-state index < -0.39 is 6.10 Å². The van der Waals surface area contributed by atoms with Gasteiger partial charge in [-0.25, -0.2) is 0 Å². The largest absolute Gasteiger partial charge is 0.387 e. The van der Waals surface area contributed by atoms with Crippen molar-refractivity contribution in [3.8, 4) is 0 Å². The predicted octanol–water partition coefficient (Wildman–Crippen LogP) is 5.65. The number of rotatable bonds is 11. The van der Waals surface area contributed by atoms with Gasteiger partial charge in [0.1, 0.15) is 0 Å². The van der Waals surface area contributed by atoms with E-state index in [2.05, 4.69) is 49.1 Å². The van der Waals surface area contributed by atoms with Gasteiger partial charge in [0.15, 0.2) is 0 Å². The van der Waals surface area contributed by atoms with E-state index in [4.69, 9.17) is 0 Å². The second-order valence-corrected chi connectivity index (χ2v) is 7.88. The van der Waals surface area contributed by atoms with E-state index in [-0.39, 0.29) is 0 Å². The van der Waals surface area contributed by atoms with E-state index in [9.17, 15) is 5.11 Å². The van der Waals surface area contributed by atoms with Gasteiger partial charge in [-0.1, -0.05) is 69.9 Å². The molecule has 0 unspecified atom stereocenters. The maximum absolute atomic E-state index is 11.1. The number of aliphatic hydroxyl groups is 1. The van der Waals surface area contributed by atoms with E-state index in [1.165, 1.54) is 60.4 Å². The van der Waals surface area contributed by atoms with E-state index in [0.29, 0.717) is 0 Å². The molecular formula is C24H35NO. The lowest BCUT2D eigenvalue weighted by Crippen LogP contribution is -2.31. The van der Waals surface area contributed by atoms with Gasteiger partial charge in [0.2, 0.25) is 0 Å². The third-order valence-corrected chi connectivity index (χ3v) is 5.86. The molecule has 26 heavy (non-hydrogen) atoms.